The van der Waals surface area contributed by atoms with Crippen LogP contribution in [-0.4, -0.2) is 46.2 Å². The number of piperidine rings is 1. The summed E-state index contributed by atoms with van der Waals surface area (Å²) in [6, 6.07) is 11.7. The number of benzene rings is 2. The first kappa shape index (κ1) is 20.0. The minimum atomic E-state index is -0.923. The number of ether oxygens (including phenoxy) is 1. The topological polar surface area (TPSA) is 82.1 Å². The van der Waals surface area contributed by atoms with Crippen LogP contribution in [0, 0.1) is 5.82 Å². The maximum atomic E-state index is 13.0. The molecule has 0 aliphatic carbocycles. The van der Waals surface area contributed by atoms with Gasteiger partial charge in [-0.3, -0.25) is 4.90 Å². The zero-order chi connectivity index (χ0) is 21.1. The number of fused-ring (bicyclic) bond motifs is 1. The van der Waals surface area contributed by atoms with Crippen LogP contribution in [0.4, 0.5) is 14.0 Å². The Morgan fingerprint density at radius 3 is 2.43 bits per heavy atom. The second kappa shape index (κ2) is 8.61. The Hall–Kier alpha value is -3.29. The number of carbonyl (C=O) groups is 2. The largest absolute Gasteiger partial charge is 0.490 e. The van der Waals surface area contributed by atoms with E-state index in [4.69, 9.17) is 9.84 Å². The van der Waals surface area contributed by atoms with E-state index in [9.17, 15) is 14.0 Å². The summed E-state index contributed by atoms with van der Waals surface area (Å²) in [4.78, 5) is 26.8. The standard InChI is InChI=1S/C22H24FN3O4/c23-18-3-5-19(6-4-18)30-20-7-9-25(10-8-20)21(27)24-12-15-1-2-16-13-26(22(28)29)14-17(16)11-15/h1-6,11,20H,7-10,12-14H2,(H,24,27)(H,28,29). The number of carbonyl (C=O) groups excluding carboxylic acids is 1. The van der Waals surface area contributed by atoms with Gasteiger partial charge in [-0.15, -0.1) is 0 Å². The molecule has 30 heavy (non-hydrogen) atoms. The van der Waals surface area contributed by atoms with Gasteiger partial charge in [0, 0.05) is 45.6 Å². The predicted molar refractivity (Wildman–Crippen MR) is 108 cm³/mol. The van der Waals surface area contributed by atoms with E-state index < -0.39 is 6.09 Å². The summed E-state index contributed by atoms with van der Waals surface area (Å²) in [7, 11) is 0. The van der Waals surface area contributed by atoms with Crippen LogP contribution in [0.25, 0.3) is 0 Å². The molecule has 2 N–H and O–H groups in total. The van der Waals surface area contributed by atoms with Crippen LogP contribution < -0.4 is 10.1 Å². The van der Waals surface area contributed by atoms with Gasteiger partial charge >= 0.3 is 12.1 Å². The Balaban J connectivity index is 1.23. The fraction of sp³-hybridized carbons (Fsp3) is 0.364. The first-order valence-corrected chi connectivity index (χ1v) is 10.0. The average molecular weight is 413 g/mol. The molecular formula is C22H24FN3O4. The van der Waals surface area contributed by atoms with Crippen LogP contribution in [0.2, 0.25) is 0 Å². The smallest absolute Gasteiger partial charge is 0.407 e. The Bertz CT molecular complexity index is 926. The van der Waals surface area contributed by atoms with Crippen LogP contribution in [0.1, 0.15) is 29.5 Å². The van der Waals surface area contributed by atoms with Crippen molar-refractivity contribution in [1.82, 2.24) is 15.1 Å². The van der Waals surface area contributed by atoms with Gasteiger partial charge in [0.25, 0.3) is 0 Å². The summed E-state index contributed by atoms with van der Waals surface area (Å²) in [6.07, 6.45) is 0.518. The van der Waals surface area contributed by atoms with Crippen molar-refractivity contribution in [3.05, 3.63) is 65.0 Å². The first-order valence-electron chi connectivity index (χ1n) is 10.0. The molecule has 2 heterocycles. The molecular weight excluding hydrogens is 389 g/mol. The normalized spacial score (nSPS) is 16.3. The molecule has 2 aromatic rings. The number of halogens is 1. The van der Waals surface area contributed by atoms with Crippen molar-refractivity contribution in [2.24, 2.45) is 0 Å². The van der Waals surface area contributed by atoms with Crippen molar-refractivity contribution in [3.8, 4) is 5.75 Å². The van der Waals surface area contributed by atoms with Crippen LogP contribution >= 0.6 is 0 Å². The summed E-state index contributed by atoms with van der Waals surface area (Å²) in [6.45, 7) is 2.37. The predicted octanol–water partition coefficient (Wildman–Crippen LogP) is 3.57. The van der Waals surface area contributed by atoms with E-state index >= 15 is 0 Å². The molecule has 2 aromatic carbocycles. The fourth-order valence-electron chi connectivity index (χ4n) is 3.86. The molecule has 0 spiro atoms. The van der Waals surface area contributed by atoms with E-state index in [1.165, 1.54) is 17.0 Å². The minimum Gasteiger partial charge on any atom is -0.490 e. The highest BCUT2D eigenvalue weighted by Gasteiger charge is 2.25. The van der Waals surface area contributed by atoms with E-state index in [-0.39, 0.29) is 18.0 Å². The Morgan fingerprint density at radius 2 is 1.73 bits per heavy atom. The summed E-state index contributed by atoms with van der Waals surface area (Å²) < 4.78 is 18.8. The summed E-state index contributed by atoms with van der Waals surface area (Å²) in [5.74, 6) is 0.341. The van der Waals surface area contributed by atoms with Crippen molar-refractivity contribution in [2.75, 3.05) is 13.1 Å². The number of hydrogen-bond donors (Lipinski definition) is 2. The number of urea groups is 1. The lowest BCUT2D eigenvalue weighted by Crippen LogP contribution is -2.46. The number of likely N-dealkylation sites (tertiary alicyclic amines) is 1. The van der Waals surface area contributed by atoms with Gasteiger partial charge in [0.15, 0.2) is 0 Å². The number of nitrogens with one attached hydrogen (secondary N) is 1. The summed E-state index contributed by atoms with van der Waals surface area (Å²) in [5.41, 5.74) is 2.95. The zero-order valence-electron chi connectivity index (χ0n) is 16.5. The van der Waals surface area contributed by atoms with Gasteiger partial charge in [-0.05, 0) is 41.0 Å². The van der Waals surface area contributed by atoms with E-state index in [1.807, 2.05) is 18.2 Å². The van der Waals surface area contributed by atoms with Crippen molar-refractivity contribution in [1.29, 1.82) is 0 Å². The lowest BCUT2D eigenvalue weighted by atomic mass is 10.1. The maximum Gasteiger partial charge on any atom is 0.407 e. The van der Waals surface area contributed by atoms with Gasteiger partial charge < -0.3 is 20.1 Å². The van der Waals surface area contributed by atoms with Crippen LogP contribution in [0.5, 0.6) is 5.75 Å². The Morgan fingerprint density at radius 1 is 1.03 bits per heavy atom. The molecule has 0 atom stereocenters. The quantitative estimate of drug-likeness (QED) is 0.803. The third-order valence-corrected chi connectivity index (χ3v) is 5.55. The number of amides is 3. The van der Waals surface area contributed by atoms with Crippen molar-refractivity contribution in [3.63, 3.8) is 0 Å². The second-order valence-electron chi connectivity index (χ2n) is 7.66. The van der Waals surface area contributed by atoms with Gasteiger partial charge in [-0.25, -0.2) is 14.0 Å². The van der Waals surface area contributed by atoms with Gasteiger partial charge in [0.05, 0.1) is 0 Å². The maximum absolute atomic E-state index is 13.0. The van der Waals surface area contributed by atoms with Crippen molar-refractivity contribution < 1.29 is 23.8 Å². The van der Waals surface area contributed by atoms with Crippen LogP contribution in [0.3, 0.4) is 0 Å². The van der Waals surface area contributed by atoms with E-state index in [0.717, 1.165) is 16.7 Å². The SMILES string of the molecule is O=C(O)N1Cc2ccc(CNC(=O)N3CCC(Oc4ccc(F)cc4)CC3)cc2C1. The molecule has 3 amide bonds. The third kappa shape index (κ3) is 4.64. The second-order valence-corrected chi connectivity index (χ2v) is 7.66. The molecule has 1 saturated heterocycles. The summed E-state index contributed by atoms with van der Waals surface area (Å²) >= 11 is 0. The van der Waals surface area contributed by atoms with Gasteiger partial charge in [-0.2, -0.15) is 0 Å². The molecule has 7 nitrogen and oxygen atoms in total. The molecule has 0 radical (unpaired) electrons. The molecule has 2 aliphatic rings. The van der Waals surface area contributed by atoms with Gasteiger partial charge in [-0.1, -0.05) is 18.2 Å². The van der Waals surface area contributed by atoms with Crippen molar-refractivity contribution >= 4 is 12.1 Å². The molecule has 1 fully saturated rings. The molecule has 0 unspecified atom stereocenters. The highest BCUT2D eigenvalue weighted by molar-refractivity contribution is 5.74. The molecule has 158 valence electrons. The Kier molecular flexibility index (Phi) is 5.74. The Labute approximate surface area is 174 Å². The van der Waals surface area contributed by atoms with Gasteiger partial charge in [0.1, 0.15) is 17.7 Å². The van der Waals surface area contributed by atoms with E-state index in [0.29, 0.717) is 51.3 Å². The number of carboxylic acid groups (broad SMARTS) is 1. The number of rotatable bonds is 4. The van der Waals surface area contributed by atoms with Crippen molar-refractivity contribution in [2.45, 2.75) is 38.6 Å². The lowest BCUT2D eigenvalue weighted by molar-refractivity contribution is 0.111. The summed E-state index contributed by atoms with van der Waals surface area (Å²) in [5, 5.41) is 12.1. The highest BCUT2D eigenvalue weighted by atomic mass is 19.1. The first-order chi connectivity index (χ1) is 14.5. The highest BCUT2D eigenvalue weighted by Crippen LogP contribution is 2.24. The molecule has 0 aromatic heterocycles. The lowest BCUT2D eigenvalue weighted by Gasteiger charge is -2.32. The minimum absolute atomic E-state index is 0.00778. The number of hydrogen-bond acceptors (Lipinski definition) is 3. The monoisotopic (exact) mass is 413 g/mol. The third-order valence-electron chi connectivity index (χ3n) is 5.55. The molecule has 4 rings (SSSR count). The van der Waals surface area contributed by atoms with Gasteiger partial charge in [0.2, 0.25) is 0 Å². The zero-order valence-corrected chi connectivity index (χ0v) is 16.5. The van der Waals surface area contributed by atoms with Crippen LogP contribution in [0.15, 0.2) is 42.5 Å². The molecule has 0 saturated carbocycles. The van der Waals surface area contributed by atoms with E-state index in [1.54, 1.807) is 17.0 Å². The van der Waals surface area contributed by atoms with E-state index in [2.05, 4.69) is 5.32 Å². The average Bonchev–Trinajstić information content (AvgIpc) is 3.18. The molecule has 2 aliphatic heterocycles. The van der Waals surface area contributed by atoms with Crippen LogP contribution in [-0.2, 0) is 19.6 Å². The fourth-order valence-corrected chi connectivity index (χ4v) is 3.86. The molecule has 0 bridgehead atoms. The molecule has 8 heteroatoms. The number of nitrogens with zero attached hydrogens (tertiary/aromatic N) is 2.